The third-order valence-corrected chi connectivity index (χ3v) is 4.50. The average Bonchev–Trinajstić information content (AvgIpc) is 2.54. The van der Waals surface area contributed by atoms with Gasteiger partial charge in [0.05, 0.1) is 5.41 Å². The van der Waals surface area contributed by atoms with Crippen LogP contribution in [-0.4, -0.2) is 36.7 Å². The van der Waals surface area contributed by atoms with Crippen molar-refractivity contribution < 1.29 is 19.4 Å². The van der Waals surface area contributed by atoms with Gasteiger partial charge in [-0.15, -0.1) is 0 Å². The van der Waals surface area contributed by atoms with Gasteiger partial charge >= 0.3 is 5.97 Å². The topological polar surface area (TPSA) is 75.6 Å². The molecule has 1 aromatic carbocycles. The molecule has 1 aliphatic rings. The first kappa shape index (κ1) is 17.8. The van der Waals surface area contributed by atoms with Crippen molar-refractivity contribution in [3.05, 3.63) is 34.9 Å². The number of halogens is 1. The molecule has 1 aliphatic heterocycles. The average molecular weight is 340 g/mol. The Morgan fingerprint density at radius 1 is 1.26 bits per heavy atom. The number of hydrogen-bond acceptors (Lipinski definition) is 3. The number of carbonyl (C=O) groups is 2. The van der Waals surface area contributed by atoms with Crippen LogP contribution in [0.5, 0.6) is 0 Å². The monoisotopic (exact) mass is 339 g/mol. The molecule has 0 atom stereocenters. The summed E-state index contributed by atoms with van der Waals surface area (Å²) in [4.78, 5) is 23.3. The van der Waals surface area contributed by atoms with Crippen molar-refractivity contribution in [2.75, 3.05) is 19.8 Å². The Hall–Kier alpha value is -1.59. The molecule has 1 fully saturated rings. The maximum Gasteiger partial charge on any atom is 0.303 e. The molecule has 23 heavy (non-hydrogen) atoms. The van der Waals surface area contributed by atoms with Crippen molar-refractivity contribution in [1.29, 1.82) is 0 Å². The SMILES string of the molecule is O=C(O)CCCCNC(=O)C1(c2cccc(Cl)c2)CCOCC1. The first-order valence-electron chi connectivity index (χ1n) is 7.88. The molecule has 126 valence electrons. The second kappa shape index (κ2) is 8.31. The molecule has 0 saturated carbocycles. The second-order valence-electron chi connectivity index (χ2n) is 5.81. The number of nitrogens with one attached hydrogen (secondary N) is 1. The predicted octanol–water partition coefficient (Wildman–Crippen LogP) is 2.76. The number of hydrogen-bond donors (Lipinski definition) is 2. The number of aliphatic carboxylic acids is 1. The van der Waals surface area contributed by atoms with Gasteiger partial charge in [0, 0.05) is 31.2 Å². The Morgan fingerprint density at radius 3 is 2.65 bits per heavy atom. The van der Waals surface area contributed by atoms with E-state index in [2.05, 4.69) is 5.32 Å². The fraction of sp³-hybridized carbons (Fsp3) is 0.529. The van der Waals surface area contributed by atoms with Crippen LogP contribution in [0, 0.1) is 0 Å². The van der Waals surface area contributed by atoms with Crippen LogP contribution < -0.4 is 5.32 Å². The van der Waals surface area contributed by atoms with E-state index in [9.17, 15) is 9.59 Å². The molecule has 0 radical (unpaired) electrons. The van der Waals surface area contributed by atoms with Crippen LogP contribution in [0.3, 0.4) is 0 Å². The summed E-state index contributed by atoms with van der Waals surface area (Å²) in [5.41, 5.74) is 0.298. The molecule has 0 aliphatic carbocycles. The van der Waals surface area contributed by atoms with E-state index in [1.165, 1.54) is 0 Å². The van der Waals surface area contributed by atoms with E-state index in [0.29, 0.717) is 50.5 Å². The molecule has 1 amide bonds. The van der Waals surface area contributed by atoms with E-state index in [-0.39, 0.29) is 12.3 Å². The van der Waals surface area contributed by atoms with Gasteiger partial charge in [0.2, 0.25) is 5.91 Å². The van der Waals surface area contributed by atoms with Gasteiger partial charge in [-0.05, 0) is 43.4 Å². The Balaban J connectivity index is 2.03. The summed E-state index contributed by atoms with van der Waals surface area (Å²) in [6.07, 6.45) is 2.58. The highest BCUT2D eigenvalue weighted by Gasteiger charge is 2.41. The summed E-state index contributed by atoms with van der Waals surface area (Å²) in [7, 11) is 0. The minimum absolute atomic E-state index is 0.0293. The lowest BCUT2D eigenvalue weighted by molar-refractivity contribution is -0.137. The Morgan fingerprint density at radius 2 is 2.00 bits per heavy atom. The zero-order chi connectivity index (χ0) is 16.7. The molecule has 5 nitrogen and oxygen atoms in total. The second-order valence-corrected chi connectivity index (χ2v) is 6.25. The maximum absolute atomic E-state index is 12.8. The quantitative estimate of drug-likeness (QED) is 0.749. The van der Waals surface area contributed by atoms with Crippen molar-refractivity contribution >= 4 is 23.5 Å². The highest BCUT2D eigenvalue weighted by atomic mass is 35.5. The van der Waals surface area contributed by atoms with Gasteiger partial charge in [-0.1, -0.05) is 23.7 Å². The van der Waals surface area contributed by atoms with E-state index in [1.807, 2.05) is 18.2 Å². The summed E-state index contributed by atoms with van der Waals surface area (Å²) >= 11 is 6.09. The maximum atomic E-state index is 12.8. The highest BCUT2D eigenvalue weighted by molar-refractivity contribution is 6.30. The molecular formula is C17H22ClNO4. The normalized spacial score (nSPS) is 16.7. The number of carboxylic acids is 1. The van der Waals surface area contributed by atoms with Gasteiger partial charge in [-0.25, -0.2) is 0 Å². The fourth-order valence-corrected chi connectivity index (χ4v) is 3.12. The summed E-state index contributed by atoms with van der Waals surface area (Å²) in [6.45, 7) is 1.56. The number of carboxylic acid groups (broad SMARTS) is 1. The van der Waals surface area contributed by atoms with Gasteiger partial charge in [-0.2, -0.15) is 0 Å². The van der Waals surface area contributed by atoms with Gasteiger partial charge < -0.3 is 15.2 Å². The van der Waals surface area contributed by atoms with E-state index in [0.717, 1.165) is 5.56 Å². The summed E-state index contributed by atoms with van der Waals surface area (Å²) < 4.78 is 5.42. The first-order chi connectivity index (χ1) is 11.0. The minimum atomic E-state index is -0.809. The van der Waals surface area contributed by atoms with Gasteiger partial charge in [-0.3, -0.25) is 9.59 Å². The fourth-order valence-electron chi connectivity index (χ4n) is 2.93. The van der Waals surface area contributed by atoms with Crippen molar-refractivity contribution in [1.82, 2.24) is 5.32 Å². The van der Waals surface area contributed by atoms with Crippen LogP contribution in [0.2, 0.25) is 5.02 Å². The standard InChI is InChI=1S/C17H22ClNO4/c18-14-5-3-4-13(12-14)17(7-10-23-11-8-17)16(22)19-9-2-1-6-15(20)21/h3-5,12H,1-2,6-11H2,(H,19,22)(H,20,21). The Labute approximate surface area is 141 Å². The minimum Gasteiger partial charge on any atom is -0.481 e. The molecule has 1 heterocycles. The largest absolute Gasteiger partial charge is 0.481 e. The van der Waals surface area contributed by atoms with Crippen molar-refractivity contribution in [3.8, 4) is 0 Å². The molecule has 0 unspecified atom stereocenters. The zero-order valence-corrected chi connectivity index (χ0v) is 13.8. The number of carbonyl (C=O) groups excluding carboxylic acids is 1. The Kier molecular flexibility index (Phi) is 6.42. The third kappa shape index (κ3) is 4.69. The number of unbranched alkanes of at least 4 members (excludes halogenated alkanes) is 1. The highest BCUT2D eigenvalue weighted by Crippen LogP contribution is 2.36. The molecule has 1 saturated heterocycles. The smallest absolute Gasteiger partial charge is 0.303 e. The molecule has 0 bridgehead atoms. The molecule has 2 rings (SSSR count). The van der Waals surface area contributed by atoms with Gasteiger partial charge in [0.15, 0.2) is 0 Å². The summed E-state index contributed by atoms with van der Waals surface area (Å²) in [5.74, 6) is -0.838. The summed E-state index contributed by atoms with van der Waals surface area (Å²) in [5, 5.41) is 12.2. The lowest BCUT2D eigenvalue weighted by Crippen LogP contribution is -2.48. The van der Waals surface area contributed by atoms with Gasteiger partial charge in [0.1, 0.15) is 0 Å². The lowest BCUT2D eigenvalue weighted by Gasteiger charge is -2.36. The summed E-state index contributed by atoms with van der Waals surface area (Å²) in [6, 6.07) is 7.43. The number of benzene rings is 1. The molecule has 1 aromatic rings. The first-order valence-corrected chi connectivity index (χ1v) is 8.26. The number of ether oxygens (including phenoxy) is 1. The third-order valence-electron chi connectivity index (χ3n) is 4.26. The van der Waals surface area contributed by atoms with Crippen LogP contribution in [0.1, 0.15) is 37.7 Å². The molecule has 6 heteroatoms. The van der Waals surface area contributed by atoms with E-state index in [1.54, 1.807) is 6.07 Å². The lowest BCUT2D eigenvalue weighted by atomic mass is 9.73. The van der Waals surface area contributed by atoms with Crippen LogP contribution in [0.25, 0.3) is 0 Å². The van der Waals surface area contributed by atoms with Crippen LogP contribution in [-0.2, 0) is 19.7 Å². The molecular weight excluding hydrogens is 318 g/mol. The van der Waals surface area contributed by atoms with E-state index >= 15 is 0 Å². The molecule has 0 spiro atoms. The number of amides is 1. The van der Waals surface area contributed by atoms with Gasteiger partial charge in [0.25, 0.3) is 0 Å². The van der Waals surface area contributed by atoms with Crippen LogP contribution >= 0.6 is 11.6 Å². The van der Waals surface area contributed by atoms with Crippen LogP contribution in [0.15, 0.2) is 24.3 Å². The predicted molar refractivity (Wildman–Crippen MR) is 87.7 cm³/mol. The van der Waals surface area contributed by atoms with E-state index in [4.69, 9.17) is 21.4 Å². The molecule has 0 aromatic heterocycles. The van der Waals surface area contributed by atoms with E-state index < -0.39 is 11.4 Å². The Bertz CT molecular complexity index is 555. The van der Waals surface area contributed by atoms with Crippen molar-refractivity contribution in [2.45, 2.75) is 37.5 Å². The van der Waals surface area contributed by atoms with Crippen molar-refractivity contribution in [2.24, 2.45) is 0 Å². The van der Waals surface area contributed by atoms with Crippen LogP contribution in [0.4, 0.5) is 0 Å². The number of rotatable bonds is 7. The zero-order valence-electron chi connectivity index (χ0n) is 13.0. The van der Waals surface area contributed by atoms with Crippen molar-refractivity contribution in [3.63, 3.8) is 0 Å². The molecule has 2 N–H and O–H groups in total.